The molecule has 1 heterocycles. The van der Waals surface area contributed by atoms with Gasteiger partial charge in [0.05, 0.1) is 18.3 Å². The van der Waals surface area contributed by atoms with Crippen LogP contribution in [0.25, 0.3) is 0 Å². The molecule has 2 N–H and O–H groups in total. The van der Waals surface area contributed by atoms with Gasteiger partial charge in [-0.15, -0.1) is 23.2 Å². The number of likely N-dealkylation sites (tertiary alicyclic amines) is 1. The molecule has 7 rings (SSSR count). The van der Waals surface area contributed by atoms with Crippen LogP contribution >= 0.6 is 23.2 Å². The molecule has 0 spiro atoms. The third-order valence-corrected chi connectivity index (χ3v) is 9.60. The molecule has 8 nitrogen and oxygen atoms in total. The molecule has 1 saturated heterocycles. The number of ether oxygens (including phenoxy) is 1. The van der Waals surface area contributed by atoms with E-state index in [2.05, 4.69) is 0 Å². The number of esters is 1. The topological polar surface area (TPSA) is 124 Å². The molecule has 0 unspecified atom stereocenters. The summed E-state index contributed by atoms with van der Waals surface area (Å²) in [5.41, 5.74) is 9.08. The number of carbonyl (C=O) groups excluding carboxylic acids is 5. The molecular weight excluding hydrogens is 567 g/mol. The van der Waals surface area contributed by atoms with E-state index in [1.165, 1.54) is 0 Å². The second kappa shape index (κ2) is 9.53. The first kappa shape index (κ1) is 27.2. The summed E-state index contributed by atoms with van der Waals surface area (Å²) in [4.78, 5) is 64.1. The van der Waals surface area contributed by atoms with Crippen molar-refractivity contribution in [3.8, 4) is 0 Å². The predicted molar refractivity (Wildman–Crippen MR) is 149 cm³/mol. The second-order valence-corrected chi connectivity index (χ2v) is 11.8. The summed E-state index contributed by atoms with van der Waals surface area (Å²) in [6.45, 7) is 1.21. The molecule has 0 aromatic heterocycles. The van der Waals surface area contributed by atoms with E-state index in [9.17, 15) is 24.0 Å². The van der Waals surface area contributed by atoms with Crippen LogP contribution in [0.2, 0.25) is 0 Å². The van der Waals surface area contributed by atoms with Crippen molar-refractivity contribution < 1.29 is 28.7 Å². The van der Waals surface area contributed by atoms with Gasteiger partial charge in [-0.25, -0.2) is 4.79 Å². The number of Topliss-reactive ketones (excluding diaryl/α,β-unsaturated/α-hetero) is 1. The van der Waals surface area contributed by atoms with E-state index in [0.717, 1.165) is 5.56 Å². The molecule has 3 amide bonds. The lowest BCUT2D eigenvalue weighted by Gasteiger charge is -2.54. The smallest absolute Gasteiger partial charge is 0.330 e. The molecule has 1 fully saturated rings. The lowest BCUT2D eigenvalue weighted by Crippen LogP contribution is -2.57. The average Bonchev–Trinajstić information content (AvgIpc) is 3.24. The summed E-state index contributed by atoms with van der Waals surface area (Å²) in [6, 6.07) is 19.2. The van der Waals surface area contributed by atoms with Crippen molar-refractivity contribution in [2.24, 2.45) is 17.6 Å². The van der Waals surface area contributed by atoms with E-state index in [-0.39, 0.29) is 0 Å². The highest BCUT2D eigenvalue weighted by atomic mass is 35.5. The first-order valence-corrected chi connectivity index (χ1v) is 13.8. The normalized spacial score (nSPS) is 26.2. The van der Waals surface area contributed by atoms with Gasteiger partial charge in [0.1, 0.15) is 15.8 Å². The predicted octanol–water partition coefficient (Wildman–Crippen LogP) is 3.56. The van der Waals surface area contributed by atoms with Gasteiger partial charge >= 0.3 is 5.97 Å². The Labute approximate surface area is 245 Å². The number of hydrogen-bond acceptors (Lipinski definition) is 6. The van der Waals surface area contributed by atoms with Crippen LogP contribution < -0.4 is 5.73 Å². The van der Waals surface area contributed by atoms with Crippen molar-refractivity contribution in [1.29, 1.82) is 0 Å². The van der Waals surface area contributed by atoms with Crippen LogP contribution in [0.4, 0.5) is 0 Å². The molecule has 41 heavy (non-hydrogen) atoms. The van der Waals surface area contributed by atoms with Gasteiger partial charge in [-0.3, -0.25) is 24.1 Å². The average molecular weight is 591 g/mol. The number of carbonyl (C=O) groups is 5. The lowest BCUT2D eigenvalue weighted by atomic mass is 9.54. The molecule has 3 aromatic carbocycles. The maximum Gasteiger partial charge on any atom is 0.330 e. The minimum atomic E-state index is -1.70. The molecule has 0 saturated carbocycles. The first-order chi connectivity index (χ1) is 19.5. The Morgan fingerprint density at radius 1 is 0.829 bits per heavy atom. The van der Waals surface area contributed by atoms with Crippen molar-refractivity contribution in [2.75, 3.05) is 6.61 Å². The van der Waals surface area contributed by atoms with Gasteiger partial charge in [-0.2, -0.15) is 0 Å². The number of alkyl halides is 2. The van der Waals surface area contributed by atoms with Gasteiger partial charge in [-0.05, 0) is 29.2 Å². The van der Waals surface area contributed by atoms with Gasteiger partial charge in [0.15, 0.2) is 12.4 Å². The molecule has 0 radical (unpaired) electrons. The summed E-state index contributed by atoms with van der Waals surface area (Å²) < 4.78 is 5.25. The zero-order chi connectivity index (χ0) is 29.3. The fraction of sp³-hybridized carbons (Fsp3) is 0.258. The zero-order valence-electron chi connectivity index (χ0n) is 21.8. The lowest BCUT2D eigenvalue weighted by molar-refractivity contribution is -0.159. The van der Waals surface area contributed by atoms with Crippen LogP contribution in [0.15, 0.2) is 72.8 Å². The Bertz CT molecular complexity index is 1530. The highest BCUT2D eigenvalue weighted by molar-refractivity contribution is 6.36. The number of aryl methyl sites for hydroxylation is 1. The van der Waals surface area contributed by atoms with Crippen molar-refractivity contribution in [1.82, 2.24) is 4.90 Å². The molecule has 3 aromatic rings. The number of nitrogens with zero attached hydrogens (tertiary/aromatic N) is 1. The Hall–Kier alpha value is -4.01. The Kier molecular flexibility index (Phi) is 6.32. The van der Waals surface area contributed by atoms with Crippen molar-refractivity contribution in [3.63, 3.8) is 0 Å². The number of halogens is 2. The molecular formula is C31H24Cl2N2O6. The summed E-state index contributed by atoms with van der Waals surface area (Å²) in [6.07, 6.45) is -0.695. The summed E-state index contributed by atoms with van der Waals surface area (Å²) in [7, 11) is 0. The molecule has 208 valence electrons. The fourth-order valence-electron chi connectivity index (χ4n) is 6.52. The highest BCUT2D eigenvalue weighted by Crippen LogP contribution is 2.69. The number of benzene rings is 3. The summed E-state index contributed by atoms with van der Waals surface area (Å²) >= 11 is 14.8. The molecule has 3 aliphatic carbocycles. The van der Waals surface area contributed by atoms with Gasteiger partial charge < -0.3 is 10.5 Å². The number of imide groups is 1. The monoisotopic (exact) mass is 590 g/mol. The van der Waals surface area contributed by atoms with Crippen LogP contribution in [0.3, 0.4) is 0 Å². The maximum atomic E-state index is 14.2. The second-order valence-electron chi connectivity index (χ2n) is 10.6. The van der Waals surface area contributed by atoms with Gasteiger partial charge in [0, 0.05) is 5.56 Å². The highest BCUT2D eigenvalue weighted by Gasteiger charge is 2.73. The van der Waals surface area contributed by atoms with E-state index in [1.54, 1.807) is 72.8 Å². The van der Waals surface area contributed by atoms with Crippen LogP contribution in [-0.4, -0.2) is 47.0 Å². The van der Waals surface area contributed by atoms with Crippen LogP contribution in [-0.2, 0) is 33.7 Å². The van der Waals surface area contributed by atoms with E-state index in [1.807, 2.05) is 6.92 Å². The van der Waals surface area contributed by atoms with Gasteiger partial charge in [0.25, 0.3) is 0 Å². The molecule has 3 atom stereocenters. The van der Waals surface area contributed by atoms with E-state index in [0.29, 0.717) is 32.7 Å². The third kappa shape index (κ3) is 3.77. The van der Waals surface area contributed by atoms with Crippen LogP contribution in [0.5, 0.6) is 0 Å². The molecule has 1 aliphatic heterocycles. The van der Waals surface area contributed by atoms with Crippen LogP contribution in [0, 0.1) is 18.8 Å². The number of amides is 3. The largest absolute Gasteiger partial charge is 0.456 e. The number of rotatable bonds is 7. The molecule has 4 aliphatic rings. The number of ketones is 1. The van der Waals surface area contributed by atoms with Crippen molar-refractivity contribution >= 4 is 52.7 Å². The zero-order valence-corrected chi connectivity index (χ0v) is 23.3. The van der Waals surface area contributed by atoms with Crippen molar-refractivity contribution in [3.05, 3.63) is 106 Å². The standard InChI is InChI=1S/C31H24Cl2N2O6/c1-16-10-12-17(13-11-16)23(36)15-41-29(40)22(14-24(34)37)35-27(38)25-26(28(35)39)31(33)19-7-3-2-6-18(19)30(25,32)20-8-4-5-9-21(20)31/h2-13,22,25-26H,14-15H2,1H3,(H2,34,37)/t22-,25-,26+,30?,31?/m1/s1. The summed E-state index contributed by atoms with van der Waals surface area (Å²) in [5, 5.41) is 0. The summed E-state index contributed by atoms with van der Waals surface area (Å²) in [5.74, 6) is -6.42. The quantitative estimate of drug-likeness (QED) is 0.194. The number of primary amides is 1. The maximum absolute atomic E-state index is 14.2. The minimum absolute atomic E-state index is 0.314. The third-order valence-electron chi connectivity index (χ3n) is 8.32. The van der Waals surface area contributed by atoms with E-state index < -0.39 is 70.1 Å². The molecule has 2 bridgehead atoms. The Morgan fingerprint density at radius 3 is 1.68 bits per heavy atom. The SMILES string of the molecule is Cc1ccc(C(=O)COC(=O)[C@@H](CC(N)=O)N2C(=O)[C@@H]3[C@H](C2=O)C2(Cl)c4ccccc4C3(Cl)c3ccccc32)cc1. The minimum Gasteiger partial charge on any atom is -0.456 e. The van der Waals surface area contributed by atoms with E-state index >= 15 is 0 Å². The Morgan fingerprint density at radius 2 is 1.27 bits per heavy atom. The van der Waals surface area contributed by atoms with Gasteiger partial charge in [-0.1, -0.05) is 78.4 Å². The van der Waals surface area contributed by atoms with Crippen molar-refractivity contribution in [2.45, 2.75) is 29.1 Å². The molecule has 10 heteroatoms. The first-order valence-electron chi connectivity index (χ1n) is 13.0. The van der Waals surface area contributed by atoms with Gasteiger partial charge in [0.2, 0.25) is 17.7 Å². The van der Waals surface area contributed by atoms with E-state index in [4.69, 9.17) is 33.7 Å². The van der Waals surface area contributed by atoms with Crippen LogP contribution in [0.1, 0.15) is 44.6 Å². The fourth-order valence-corrected chi connectivity index (χ4v) is 7.62. The number of nitrogens with two attached hydrogens (primary N) is 1. The number of hydrogen-bond donors (Lipinski definition) is 1. The Balaban J connectivity index is 1.38.